The maximum atomic E-state index is 12.5. The van der Waals surface area contributed by atoms with Gasteiger partial charge in [0.05, 0.1) is 12.3 Å². The van der Waals surface area contributed by atoms with Gasteiger partial charge in [-0.3, -0.25) is 0 Å². The van der Waals surface area contributed by atoms with Gasteiger partial charge in [0, 0.05) is 24.2 Å². The molecule has 1 atom stereocenters. The first-order valence-electron chi connectivity index (χ1n) is 10.6. The summed E-state index contributed by atoms with van der Waals surface area (Å²) in [6, 6.07) is 15.3. The van der Waals surface area contributed by atoms with E-state index in [2.05, 4.69) is 9.82 Å². The van der Waals surface area contributed by atoms with Gasteiger partial charge in [-0.1, -0.05) is 30.3 Å². The molecule has 0 aliphatic rings. The summed E-state index contributed by atoms with van der Waals surface area (Å²) in [5, 5.41) is 13.7. The molecule has 3 rings (SSSR count). The quantitative estimate of drug-likeness (QED) is 0.437. The van der Waals surface area contributed by atoms with Crippen LogP contribution in [0.3, 0.4) is 0 Å². The first kappa shape index (κ1) is 25.7. The van der Waals surface area contributed by atoms with Crippen LogP contribution in [0.2, 0.25) is 0 Å². The molecule has 0 aliphatic heterocycles. The zero-order chi connectivity index (χ0) is 24.9. The summed E-state index contributed by atoms with van der Waals surface area (Å²) in [6.45, 7) is 3.93. The van der Waals surface area contributed by atoms with E-state index in [0.717, 1.165) is 16.7 Å². The lowest BCUT2D eigenvalue weighted by Gasteiger charge is -2.15. The number of aliphatic hydroxyl groups is 1. The summed E-state index contributed by atoms with van der Waals surface area (Å²) in [4.78, 5) is 0. The van der Waals surface area contributed by atoms with Gasteiger partial charge in [0.2, 0.25) is 15.9 Å². The van der Waals surface area contributed by atoms with E-state index in [0.29, 0.717) is 23.9 Å². The Morgan fingerprint density at radius 3 is 2.44 bits per heavy atom. The summed E-state index contributed by atoms with van der Waals surface area (Å²) in [5.41, 5.74) is 2.91. The van der Waals surface area contributed by atoms with Gasteiger partial charge < -0.3 is 9.84 Å². The number of halogens is 3. The Morgan fingerprint density at radius 2 is 1.82 bits per heavy atom. The number of ether oxygens (including phenoxy) is 1. The molecule has 0 fully saturated rings. The number of rotatable bonds is 10. The van der Waals surface area contributed by atoms with Gasteiger partial charge in [-0.2, -0.15) is 18.3 Å². The summed E-state index contributed by atoms with van der Waals surface area (Å²) in [5.74, 6) is -0.801. The second-order valence-electron chi connectivity index (χ2n) is 7.89. The molecule has 0 saturated carbocycles. The van der Waals surface area contributed by atoms with Crippen molar-refractivity contribution in [2.75, 3.05) is 5.75 Å². The number of sulfonamides is 1. The molecule has 0 aliphatic carbocycles. The van der Waals surface area contributed by atoms with Gasteiger partial charge in [0.15, 0.2) is 5.75 Å². The molecule has 3 aromatic rings. The Hall–Kier alpha value is -2.89. The maximum Gasteiger partial charge on any atom is 0.404 e. The first-order chi connectivity index (χ1) is 16.0. The molecular formula is C23H26F3N3O4S. The molecule has 0 saturated heterocycles. The van der Waals surface area contributed by atoms with E-state index >= 15 is 0 Å². The molecule has 184 valence electrons. The third-order valence-electron chi connectivity index (χ3n) is 4.87. The lowest BCUT2D eigenvalue weighted by Crippen LogP contribution is -2.39. The van der Waals surface area contributed by atoms with E-state index in [1.54, 1.807) is 47.1 Å². The fraction of sp³-hybridized carbons (Fsp3) is 0.348. The van der Waals surface area contributed by atoms with Gasteiger partial charge in [-0.05, 0) is 49.6 Å². The van der Waals surface area contributed by atoms with Gasteiger partial charge >= 0.3 is 6.18 Å². The summed E-state index contributed by atoms with van der Waals surface area (Å²) < 4.78 is 70.5. The van der Waals surface area contributed by atoms with E-state index in [-0.39, 0.29) is 13.0 Å². The monoisotopic (exact) mass is 497 g/mol. The average Bonchev–Trinajstić information content (AvgIpc) is 3.15. The van der Waals surface area contributed by atoms with E-state index < -0.39 is 28.0 Å². The van der Waals surface area contributed by atoms with Gasteiger partial charge in [0.25, 0.3) is 0 Å². The van der Waals surface area contributed by atoms with Crippen LogP contribution in [0, 0.1) is 0 Å². The highest BCUT2D eigenvalue weighted by Gasteiger charge is 2.35. The average molecular weight is 498 g/mol. The normalized spacial score (nSPS) is 13.1. The molecule has 2 aromatic carbocycles. The minimum absolute atomic E-state index is 0.0595. The van der Waals surface area contributed by atoms with Crippen molar-refractivity contribution in [2.24, 2.45) is 0 Å². The first-order valence-corrected chi connectivity index (χ1v) is 12.2. The third-order valence-corrected chi connectivity index (χ3v) is 6.34. The molecule has 2 N–H and O–H groups in total. The molecule has 0 amide bonds. The highest BCUT2D eigenvalue weighted by Crippen LogP contribution is 2.28. The van der Waals surface area contributed by atoms with Crippen LogP contribution in [0.4, 0.5) is 13.2 Å². The van der Waals surface area contributed by atoms with Crippen molar-refractivity contribution in [3.05, 3.63) is 65.7 Å². The summed E-state index contributed by atoms with van der Waals surface area (Å²) in [6.07, 6.45) is -4.59. The summed E-state index contributed by atoms with van der Waals surface area (Å²) in [7, 11) is -4.48. The fourth-order valence-corrected chi connectivity index (χ4v) is 4.66. The Kier molecular flexibility index (Phi) is 8.01. The SMILES string of the molecule is CCn1nc(-c2cccc(CC(C)NS(=O)(=O)CC(F)(F)F)c2)cc1Oc1ccc(CO)cc1. The number of aliphatic hydroxyl groups excluding tert-OH is 1. The van der Waals surface area contributed by atoms with Crippen molar-refractivity contribution in [1.29, 1.82) is 0 Å². The topological polar surface area (TPSA) is 93.5 Å². The minimum atomic E-state index is -4.80. The predicted octanol–water partition coefficient (Wildman–Crippen LogP) is 4.27. The largest absolute Gasteiger partial charge is 0.439 e. The second-order valence-corrected chi connectivity index (χ2v) is 9.64. The predicted molar refractivity (Wildman–Crippen MR) is 122 cm³/mol. The van der Waals surface area contributed by atoms with Gasteiger partial charge in [0.1, 0.15) is 5.75 Å². The van der Waals surface area contributed by atoms with Crippen LogP contribution >= 0.6 is 0 Å². The zero-order valence-corrected chi connectivity index (χ0v) is 19.5. The van der Waals surface area contributed by atoms with Crippen LogP contribution < -0.4 is 9.46 Å². The smallest absolute Gasteiger partial charge is 0.404 e. The highest BCUT2D eigenvalue weighted by molar-refractivity contribution is 7.89. The van der Waals surface area contributed by atoms with Gasteiger partial charge in [-0.15, -0.1) is 0 Å². The van der Waals surface area contributed by atoms with E-state index in [9.17, 15) is 26.7 Å². The number of nitrogens with one attached hydrogen (secondary N) is 1. The van der Waals surface area contributed by atoms with Crippen molar-refractivity contribution in [3.63, 3.8) is 0 Å². The molecule has 0 bridgehead atoms. The van der Waals surface area contributed by atoms with Crippen LogP contribution in [0.1, 0.15) is 25.0 Å². The van der Waals surface area contributed by atoms with Crippen LogP contribution in [-0.4, -0.2) is 41.3 Å². The molecule has 7 nitrogen and oxygen atoms in total. The number of hydrogen-bond acceptors (Lipinski definition) is 5. The number of nitrogens with zero attached hydrogens (tertiary/aromatic N) is 2. The number of aromatic nitrogens is 2. The van der Waals surface area contributed by atoms with Crippen LogP contribution in [0.15, 0.2) is 54.6 Å². The molecule has 1 aromatic heterocycles. The maximum absolute atomic E-state index is 12.5. The van der Waals surface area contributed by atoms with Crippen LogP contribution in [0.5, 0.6) is 11.6 Å². The van der Waals surface area contributed by atoms with Crippen molar-refractivity contribution >= 4 is 10.0 Å². The lowest BCUT2D eigenvalue weighted by molar-refractivity contribution is -0.106. The molecule has 11 heteroatoms. The molecule has 1 heterocycles. The fourth-order valence-electron chi connectivity index (χ4n) is 3.45. The third kappa shape index (κ3) is 7.31. The van der Waals surface area contributed by atoms with E-state index in [1.807, 2.05) is 19.1 Å². The molecule has 0 radical (unpaired) electrons. The number of benzene rings is 2. The van der Waals surface area contributed by atoms with Crippen molar-refractivity contribution in [2.45, 2.75) is 45.6 Å². The molecule has 1 unspecified atom stereocenters. The van der Waals surface area contributed by atoms with Gasteiger partial charge in [-0.25, -0.2) is 17.8 Å². The number of aryl methyl sites for hydroxylation is 1. The Labute approximate surface area is 196 Å². The highest BCUT2D eigenvalue weighted by atomic mass is 32.2. The zero-order valence-electron chi connectivity index (χ0n) is 18.7. The standard InChI is InChI=1S/C23H26F3N3O4S/c1-3-29-22(33-20-9-7-17(14-30)8-10-20)13-21(27-29)19-6-4-5-18(12-19)11-16(2)28-34(31,32)15-23(24,25)26/h4-10,12-13,16,28,30H,3,11,14-15H2,1-2H3. The lowest BCUT2D eigenvalue weighted by atomic mass is 10.0. The number of hydrogen-bond donors (Lipinski definition) is 2. The minimum Gasteiger partial charge on any atom is -0.439 e. The van der Waals surface area contributed by atoms with E-state index in [4.69, 9.17) is 4.74 Å². The Bertz CT molecular complexity index is 1210. The van der Waals surface area contributed by atoms with Crippen molar-refractivity contribution < 1.29 is 31.4 Å². The molecule has 0 spiro atoms. The van der Waals surface area contributed by atoms with Crippen LogP contribution in [0.25, 0.3) is 11.3 Å². The second kappa shape index (κ2) is 10.6. The van der Waals surface area contributed by atoms with Crippen molar-refractivity contribution in [1.82, 2.24) is 14.5 Å². The Morgan fingerprint density at radius 1 is 1.12 bits per heavy atom. The molecular weight excluding hydrogens is 471 g/mol. The number of alkyl halides is 3. The van der Waals surface area contributed by atoms with Crippen molar-refractivity contribution in [3.8, 4) is 22.9 Å². The summed E-state index contributed by atoms with van der Waals surface area (Å²) >= 11 is 0. The Balaban J connectivity index is 1.74. The van der Waals surface area contributed by atoms with Crippen LogP contribution in [-0.2, 0) is 29.6 Å². The van der Waals surface area contributed by atoms with E-state index in [1.165, 1.54) is 6.92 Å². The molecule has 34 heavy (non-hydrogen) atoms.